The van der Waals surface area contributed by atoms with E-state index in [0.29, 0.717) is 6.54 Å². The normalized spacial score (nSPS) is 15.2. The first-order valence-electron chi connectivity index (χ1n) is 7.86. The number of carbonyl (C=O) groups is 1. The van der Waals surface area contributed by atoms with Gasteiger partial charge < -0.3 is 10.2 Å². The molecule has 20 heavy (non-hydrogen) atoms. The van der Waals surface area contributed by atoms with E-state index in [-0.39, 0.29) is 6.03 Å². The van der Waals surface area contributed by atoms with Crippen molar-refractivity contribution in [3.8, 4) is 0 Å². The highest BCUT2D eigenvalue weighted by molar-refractivity contribution is 5.74. The lowest BCUT2D eigenvalue weighted by Gasteiger charge is -2.22. The van der Waals surface area contributed by atoms with E-state index in [1.54, 1.807) is 0 Å². The van der Waals surface area contributed by atoms with Crippen LogP contribution in [0, 0.1) is 5.92 Å². The number of nitrogens with one attached hydrogen (secondary N) is 1. The fourth-order valence-corrected chi connectivity index (χ4v) is 2.93. The lowest BCUT2D eigenvalue weighted by atomic mass is 10.0. The van der Waals surface area contributed by atoms with Gasteiger partial charge in [-0.3, -0.25) is 0 Å². The summed E-state index contributed by atoms with van der Waals surface area (Å²) in [6, 6.07) is 10.2. The molecule has 0 unspecified atom stereocenters. The lowest BCUT2D eigenvalue weighted by Crippen LogP contribution is -2.40. The number of hydrogen-bond acceptors (Lipinski definition) is 1. The molecule has 0 aromatic heterocycles. The summed E-state index contributed by atoms with van der Waals surface area (Å²) in [7, 11) is 0. The summed E-state index contributed by atoms with van der Waals surface area (Å²) in [5, 5.41) is 3.07. The van der Waals surface area contributed by atoms with Crippen LogP contribution in [0.3, 0.4) is 0 Å². The first-order valence-corrected chi connectivity index (χ1v) is 7.86. The minimum Gasteiger partial charge on any atom is -0.338 e. The average molecular weight is 274 g/mol. The summed E-state index contributed by atoms with van der Waals surface area (Å²) in [6.45, 7) is 4.27. The van der Waals surface area contributed by atoms with Crippen molar-refractivity contribution in [2.24, 2.45) is 5.92 Å². The molecule has 2 amide bonds. The topological polar surface area (TPSA) is 32.3 Å². The molecule has 1 aromatic carbocycles. The van der Waals surface area contributed by atoms with Gasteiger partial charge in [0.1, 0.15) is 0 Å². The highest BCUT2D eigenvalue weighted by Gasteiger charge is 2.16. The van der Waals surface area contributed by atoms with E-state index in [2.05, 4.69) is 17.4 Å². The van der Waals surface area contributed by atoms with E-state index in [1.807, 2.05) is 30.0 Å². The van der Waals surface area contributed by atoms with E-state index in [9.17, 15) is 4.79 Å². The molecule has 3 nitrogen and oxygen atoms in total. The molecule has 1 saturated carbocycles. The van der Waals surface area contributed by atoms with Crippen molar-refractivity contribution in [1.82, 2.24) is 10.2 Å². The largest absolute Gasteiger partial charge is 0.338 e. The molecule has 0 spiro atoms. The molecule has 0 bridgehead atoms. The van der Waals surface area contributed by atoms with Gasteiger partial charge in [-0.05, 0) is 24.8 Å². The Bertz CT molecular complexity index is 399. The number of amides is 2. The summed E-state index contributed by atoms with van der Waals surface area (Å²) >= 11 is 0. The fourth-order valence-electron chi connectivity index (χ4n) is 2.93. The smallest absolute Gasteiger partial charge is 0.317 e. The van der Waals surface area contributed by atoms with Gasteiger partial charge in [0.05, 0.1) is 0 Å². The molecule has 0 heterocycles. The van der Waals surface area contributed by atoms with Gasteiger partial charge in [0.25, 0.3) is 0 Å². The van der Waals surface area contributed by atoms with Crippen molar-refractivity contribution < 1.29 is 4.79 Å². The van der Waals surface area contributed by atoms with E-state index in [1.165, 1.54) is 31.2 Å². The van der Waals surface area contributed by atoms with Crippen molar-refractivity contribution >= 4 is 6.03 Å². The Labute approximate surface area is 122 Å². The third-order valence-electron chi connectivity index (χ3n) is 4.19. The van der Waals surface area contributed by atoms with Crippen molar-refractivity contribution in [3.05, 3.63) is 35.9 Å². The molecule has 1 aliphatic rings. The molecule has 110 valence electrons. The molecule has 3 heteroatoms. The Morgan fingerprint density at radius 2 is 1.95 bits per heavy atom. The monoisotopic (exact) mass is 274 g/mol. The van der Waals surface area contributed by atoms with Crippen molar-refractivity contribution in [1.29, 1.82) is 0 Å². The maximum Gasteiger partial charge on any atom is 0.317 e. The predicted molar refractivity (Wildman–Crippen MR) is 82.5 cm³/mol. The molecule has 1 N–H and O–H groups in total. The van der Waals surface area contributed by atoms with Gasteiger partial charge in [0.15, 0.2) is 0 Å². The Morgan fingerprint density at radius 3 is 2.60 bits per heavy atom. The second-order valence-electron chi connectivity index (χ2n) is 5.67. The second kappa shape index (κ2) is 7.93. The molecule has 0 atom stereocenters. The van der Waals surface area contributed by atoms with Crippen molar-refractivity contribution in [2.75, 3.05) is 13.1 Å². The maximum atomic E-state index is 12.2. The standard InChI is InChI=1S/C17H26N2O/c1-2-19(14-16-10-4-3-5-11-16)17(20)18-13-12-15-8-6-7-9-15/h3-5,10-11,15H,2,6-9,12-14H2,1H3,(H,18,20). The Kier molecular flexibility index (Phi) is 5.90. The fraction of sp³-hybridized carbons (Fsp3) is 0.588. The number of benzene rings is 1. The maximum absolute atomic E-state index is 12.2. The summed E-state index contributed by atoms with van der Waals surface area (Å²) in [4.78, 5) is 14.0. The summed E-state index contributed by atoms with van der Waals surface area (Å²) in [6.07, 6.45) is 6.56. The predicted octanol–water partition coefficient (Wildman–Crippen LogP) is 3.80. The molecule has 0 aliphatic heterocycles. The van der Waals surface area contributed by atoms with Gasteiger partial charge in [-0.15, -0.1) is 0 Å². The number of urea groups is 1. The van der Waals surface area contributed by atoms with E-state index >= 15 is 0 Å². The molecule has 1 aliphatic carbocycles. The van der Waals surface area contributed by atoms with E-state index < -0.39 is 0 Å². The van der Waals surface area contributed by atoms with Crippen LogP contribution in [0.5, 0.6) is 0 Å². The number of carbonyl (C=O) groups excluding carboxylic acids is 1. The van der Waals surface area contributed by atoms with E-state index in [4.69, 9.17) is 0 Å². The zero-order valence-corrected chi connectivity index (χ0v) is 12.5. The van der Waals surface area contributed by atoms with Crippen LogP contribution in [0.15, 0.2) is 30.3 Å². The van der Waals surface area contributed by atoms with Crippen LogP contribution < -0.4 is 5.32 Å². The highest BCUT2D eigenvalue weighted by Crippen LogP contribution is 2.26. The van der Waals surface area contributed by atoms with Crippen LogP contribution in [-0.4, -0.2) is 24.0 Å². The Morgan fingerprint density at radius 1 is 1.25 bits per heavy atom. The van der Waals surface area contributed by atoms with Gasteiger partial charge in [0, 0.05) is 19.6 Å². The molecular weight excluding hydrogens is 248 g/mol. The van der Waals surface area contributed by atoms with Gasteiger partial charge in [0.2, 0.25) is 0 Å². The first-order chi connectivity index (χ1) is 9.79. The Balaban J connectivity index is 1.73. The molecule has 2 rings (SSSR count). The minimum atomic E-state index is 0.0642. The van der Waals surface area contributed by atoms with Gasteiger partial charge in [-0.2, -0.15) is 0 Å². The summed E-state index contributed by atoms with van der Waals surface area (Å²) in [5.74, 6) is 0.833. The zero-order valence-electron chi connectivity index (χ0n) is 12.5. The first kappa shape index (κ1) is 14.9. The third kappa shape index (κ3) is 4.55. The van der Waals surface area contributed by atoms with Crippen LogP contribution in [0.4, 0.5) is 4.79 Å². The number of rotatable bonds is 6. The minimum absolute atomic E-state index is 0.0642. The lowest BCUT2D eigenvalue weighted by molar-refractivity contribution is 0.197. The summed E-state index contributed by atoms with van der Waals surface area (Å²) in [5.41, 5.74) is 1.18. The molecule has 0 saturated heterocycles. The molecule has 0 radical (unpaired) electrons. The van der Waals surface area contributed by atoms with Crippen LogP contribution in [0.25, 0.3) is 0 Å². The zero-order chi connectivity index (χ0) is 14.2. The molecular formula is C17H26N2O. The summed E-state index contributed by atoms with van der Waals surface area (Å²) < 4.78 is 0. The van der Waals surface area contributed by atoms with Crippen LogP contribution in [0.2, 0.25) is 0 Å². The SMILES string of the molecule is CCN(Cc1ccccc1)C(=O)NCCC1CCCC1. The highest BCUT2D eigenvalue weighted by atomic mass is 16.2. The van der Waals surface area contributed by atoms with Crippen LogP contribution in [-0.2, 0) is 6.54 Å². The molecule has 1 fully saturated rings. The van der Waals surface area contributed by atoms with E-state index in [0.717, 1.165) is 25.4 Å². The number of nitrogens with zero attached hydrogens (tertiary/aromatic N) is 1. The molecule has 1 aromatic rings. The number of hydrogen-bond donors (Lipinski definition) is 1. The van der Waals surface area contributed by atoms with Crippen molar-refractivity contribution in [2.45, 2.75) is 45.6 Å². The van der Waals surface area contributed by atoms with Crippen molar-refractivity contribution in [3.63, 3.8) is 0 Å². The Hall–Kier alpha value is -1.51. The van der Waals surface area contributed by atoms with Crippen LogP contribution >= 0.6 is 0 Å². The average Bonchev–Trinajstić information content (AvgIpc) is 2.99. The van der Waals surface area contributed by atoms with Gasteiger partial charge in [-0.25, -0.2) is 4.79 Å². The quantitative estimate of drug-likeness (QED) is 0.841. The van der Waals surface area contributed by atoms with Gasteiger partial charge >= 0.3 is 6.03 Å². The third-order valence-corrected chi connectivity index (χ3v) is 4.19. The van der Waals surface area contributed by atoms with Gasteiger partial charge in [-0.1, -0.05) is 56.0 Å². The van der Waals surface area contributed by atoms with Crippen LogP contribution in [0.1, 0.15) is 44.6 Å². The second-order valence-corrected chi connectivity index (χ2v) is 5.67.